The van der Waals surface area contributed by atoms with Crippen molar-refractivity contribution in [3.8, 4) is 5.69 Å². The number of rotatable bonds is 3. The Balaban J connectivity index is 0.00000210. The Labute approximate surface area is 166 Å². The summed E-state index contributed by atoms with van der Waals surface area (Å²) in [6, 6.07) is 10.4. The van der Waals surface area contributed by atoms with E-state index in [4.69, 9.17) is 0 Å². The van der Waals surface area contributed by atoms with Gasteiger partial charge in [-0.05, 0) is 50.6 Å². The lowest BCUT2D eigenvalue weighted by atomic mass is 10.2. The minimum absolute atomic E-state index is 0. The minimum atomic E-state index is 0. The van der Waals surface area contributed by atoms with Gasteiger partial charge in [0.1, 0.15) is 0 Å². The van der Waals surface area contributed by atoms with Crippen LogP contribution in [0.4, 0.5) is 0 Å². The molecule has 2 aromatic rings. The van der Waals surface area contributed by atoms with Crippen LogP contribution in [0, 0.1) is 13.8 Å². The minimum Gasteiger partial charge on any atom is -0.337 e. The van der Waals surface area contributed by atoms with Crippen molar-refractivity contribution >= 4 is 18.3 Å². The molecule has 0 aliphatic carbocycles. The maximum absolute atomic E-state index is 12.9. The smallest absolute Gasteiger partial charge is 0.253 e. The number of benzene rings is 1. The number of amides is 1. The van der Waals surface area contributed by atoms with Crippen LogP contribution in [0.15, 0.2) is 30.3 Å². The summed E-state index contributed by atoms with van der Waals surface area (Å²) in [4.78, 5) is 17.4. The fourth-order valence-electron chi connectivity index (χ4n) is 4.09. The summed E-state index contributed by atoms with van der Waals surface area (Å²) >= 11 is 0. The van der Waals surface area contributed by atoms with E-state index in [2.05, 4.69) is 21.4 Å². The van der Waals surface area contributed by atoms with Gasteiger partial charge >= 0.3 is 0 Å². The van der Waals surface area contributed by atoms with Crippen molar-refractivity contribution in [2.75, 3.05) is 39.3 Å². The van der Waals surface area contributed by atoms with Crippen LogP contribution in [0.25, 0.3) is 5.69 Å². The van der Waals surface area contributed by atoms with E-state index in [-0.39, 0.29) is 18.3 Å². The van der Waals surface area contributed by atoms with Gasteiger partial charge in [0.2, 0.25) is 0 Å². The van der Waals surface area contributed by atoms with Gasteiger partial charge in [-0.1, -0.05) is 0 Å². The van der Waals surface area contributed by atoms with E-state index < -0.39 is 0 Å². The zero-order chi connectivity index (χ0) is 18.1. The molecular formula is C20H28ClN5O. The predicted molar refractivity (Wildman–Crippen MR) is 109 cm³/mol. The third kappa shape index (κ3) is 4.18. The van der Waals surface area contributed by atoms with Crippen LogP contribution in [-0.4, -0.2) is 70.8 Å². The molecule has 1 aromatic carbocycles. The number of aryl methyl sites for hydroxylation is 2. The molecule has 2 saturated heterocycles. The molecule has 146 valence electrons. The van der Waals surface area contributed by atoms with E-state index >= 15 is 0 Å². The fraction of sp³-hybridized carbons (Fsp3) is 0.500. The molecule has 1 amide bonds. The number of likely N-dealkylation sites (tertiary alicyclic amines) is 1. The maximum Gasteiger partial charge on any atom is 0.253 e. The molecule has 27 heavy (non-hydrogen) atoms. The first-order chi connectivity index (χ1) is 12.6. The van der Waals surface area contributed by atoms with Gasteiger partial charge in [0.05, 0.1) is 11.4 Å². The Kier molecular flexibility index (Phi) is 6.19. The molecule has 1 N–H and O–H groups in total. The van der Waals surface area contributed by atoms with Gasteiger partial charge in [-0.3, -0.25) is 9.69 Å². The topological polar surface area (TPSA) is 53.4 Å². The number of nitrogens with zero attached hydrogens (tertiary/aromatic N) is 4. The summed E-state index contributed by atoms with van der Waals surface area (Å²) < 4.78 is 1.92. The lowest BCUT2D eigenvalue weighted by Gasteiger charge is -2.32. The summed E-state index contributed by atoms with van der Waals surface area (Å²) in [7, 11) is 0. The predicted octanol–water partition coefficient (Wildman–Crippen LogP) is 2.03. The number of halogens is 1. The summed E-state index contributed by atoms with van der Waals surface area (Å²) in [6.07, 6.45) is 1.08. The summed E-state index contributed by atoms with van der Waals surface area (Å²) in [6.45, 7) is 10.0. The Morgan fingerprint density at radius 1 is 1.11 bits per heavy atom. The average molecular weight is 390 g/mol. The van der Waals surface area contributed by atoms with Crippen LogP contribution in [-0.2, 0) is 0 Å². The zero-order valence-electron chi connectivity index (χ0n) is 16.0. The van der Waals surface area contributed by atoms with Gasteiger partial charge in [0.25, 0.3) is 5.91 Å². The van der Waals surface area contributed by atoms with Crippen molar-refractivity contribution in [2.24, 2.45) is 0 Å². The third-order valence-corrected chi connectivity index (χ3v) is 5.49. The fourth-order valence-corrected chi connectivity index (χ4v) is 4.09. The number of nitrogens with one attached hydrogen (secondary N) is 1. The molecule has 1 aromatic heterocycles. The van der Waals surface area contributed by atoms with E-state index in [1.54, 1.807) is 0 Å². The van der Waals surface area contributed by atoms with E-state index in [9.17, 15) is 4.79 Å². The Morgan fingerprint density at radius 3 is 2.44 bits per heavy atom. The van der Waals surface area contributed by atoms with Crippen LogP contribution in [0.3, 0.4) is 0 Å². The standard InChI is InChI=1S/C20H27N5O.ClH/c1-15-13-16(2)25(22-15)18-5-3-17(4-6-18)20(26)24-10-7-19(14-24)23-11-8-21-9-12-23;/h3-6,13,19,21H,7-12,14H2,1-2H3;1H. The Bertz CT molecular complexity index is 782. The second-order valence-electron chi connectivity index (χ2n) is 7.37. The van der Waals surface area contributed by atoms with Gasteiger partial charge in [-0.15, -0.1) is 12.4 Å². The van der Waals surface area contributed by atoms with E-state index in [0.29, 0.717) is 6.04 Å². The lowest BCUT2D eigenvalue weighted by Crippen LogP contribution is -2.49. The van der Waals surface area contributed by atoms with E-state index in [1.807, 2.05) is 47.7 Å². The molecule has 2 aliphatic rings. The van der Waals surface area contributed by atoms with Gasteiger partial charge in [0.15, 0.2) is 0 Å². The Morgan fingerprint density at radius 2 is 1.81 bits per heavy atom. The number of carbonyl (C=O) groups is 1. The van der Waals surface area contributed by atoms with Crippen molar-refractivity contribution in [1.82, 2.24) is 24.9 Å². The highest BCUT2D eigenvalue weighted by Gasteiger charge is 2.31. The summed E-state index contributed by atoms with van der Waals surface area (Å²) in [5, 5.41) is 7.90. The SMILES string of the molecule is Cc1cc(C)n(-c2ccc(C(=O)N3CCC(N4CCNCC4)C3)cc2)n1.Cl. The molecule has 6 nitrogen and oxygen atoms in total. The van der Waals surface area contributed by atoms with Crippen molar-refractivity contribution in [1.29, 1.82) is 0 Å². The number of hydrogen-bond acceptors (Lipinski definition) is 4. The highest BCUT2D eigenvalue weighted by Crippen LogP contribution is 2.20. The lowest BCUT2D eigenvalue weighted by molar-refractivity contribution is 0.0773. The highest BCUT2D eigenvalue weighted by molar-refractivity contribution is 5.94. The molecule has 1 atom stereocenters. The number of aromatic nitrogens is 2. The molecule has 2 aliphatic heterocycles. The van der Waals surface area contributed by atoms with Crippen molar-refractivity contribution in [3.63, 3.8) is 0 Å². The molecule has 0 spiro atoms. The number of piperazine rings is 1. The molecule has 7 heteroatoms. The molecule has 3 heterocycles. The van der Waals surface area contributed by atoms with Crippen LogP contribution in [0.5, 0.6) is 0 Å². The molecular weight excluding hydrogens is 362 g/mol. The van der Waals surface area contributed by atoms with Crippen molar-refractivity contribution < 1.29 is 4.79 Å². The first-order valence-corrected chi connectivity index (χ1v) is 9.49. The third-order valence-electron chi connectivity index (χ3n) is 5.49. The van der Waals surface area contributed by atoms with E-state index in [1.165, 1.54) is 0 Å². The molecule has 0 bridgehead atoms. The molecule has 1 unspecified atom stereocenters. The molecule has 0 saturated carbocycles. The first kappa shape index (κ1) is 19.9. The van der Waals surface area contributed by atoms with E-state index in [0.717, 1.165) is 68.3 Å². The summed E-state index contributed by atoms with van der Waals surface area (Å²) in [5.41, 5.74) is 3.85. The highest BCUT2D eigenvalue weighted by atomic mass is 35.5. The normalized spacial score (nSPS) is 20.5. The number of carbonyl (C=O) groups excluding carboxylic acids is 1. The summed E-state index contributed by atoms with van der Waals surface area (Å²) in [5.74, 6) is 0.141. The second-order valence-corrected chi connectivity index (χ2v) is 7.37. The number of hydrogen-bond donors (Lipinski definition) is 1. The van der Waals surface area contributed by atoms with Gasteiger partial charge in [-0.25, -0.2) is 4.68 Å². The van der Waals surface area contributed by atoms with Gasteiger partial charge in [0, 0.05) is 56.6 Å². The molecule has 0 radical (unpaired) electrons. The largest absolute Gasteiger partial charge is 0.337 e. The van der Waals surface area contributed by atoms with Gasteiger partial charge < -0.3 is 10.2 Å². The van der Waals surface area contributed by atoms with Crippen molar-refractivity contribution in [3.05, 3.63) is 47.3 Å². The van der Waals surface area contributed by atoms with Crippen LogP contribution in [0.2, 0.25) is 0 Å². The monoisotopic (exact) mass is 389 g/mol. The van der Waals surface area contributed by atoms with Crippen LogP contribution < -0.4 is 5.32 Å². The van der Waals surface area contributed by atoms with Crippen LogP contribution in [0.1, 0.15) is 28.2 Å². The van der Waals surface area contributed by atoms with Gasteiger partial charge in [-0.2, -0.15) is 5.10 Å². The second kappa shape index (κ2) is 8.42. The Hall–Kier alpha value is -1.89. The first-order valence-electron chi connectivity index (χ1n) is 9.49. The quantitative estimate of drug-likeness (QED) is 0.872. The van der Waals surface area contributed by atoms with Crippen LogP contribution >= 0.6 is 12.4 Å². The zero-order valence-corrected chi connectivity index (χ0v) is 16.8. The molecule has 2 fully saturated rings. The maximum atomic E-state index is 12.9. The van der Waals surface area contributed by atoms with Crippen molar-refractivity contribution in [2.45, 2.75) is 26.3 Å². The molecule has 4 rings (SSSR count). The average Bonchev–Trinajstić information content (AvgIpc) is 3.29.